The minimum atomic E-state index is -3.24. The van der Waals surface area contributed by atoms with Crippen molar-refractivity contribution in [3.05, 3.63) is 0 Å². The smallest absolute Gasteiger partial charge is 0.209 e. The quantitative estimate of drug-likeness (QED) is 0.356. The van der Waals surface area contributed by atoms with Gasteiger partial charge in [0.25, 0.3) is 0 Å². The summed E-state index contributed by atoms with van der Waals surface area (Å²) in [5.74, 6) is 0.679. The third kappa shape index (κ3) is 12.9. The zero-order chi connectivity index (χ0) is 15.3. The van der Waals surface area contributed by atoms with E-state index in [2.05, 4.69) is 20.3 Å². The van der Waals surface area contributed by atoms with Crippen LogP contribution >= 0.6 is 24.0 Å². The van der Waals surface area contributed by atoms with Crippen LogP contribution in [0.3, 0.4) is 0 Å². The summed E-state index contributed by atoms with van der Waals surface area (Å²) in [7, 11) is -3.24. The van der Waals surface area contributed by atoms with Crippen LogP contribution < -0.4 is 15.4 Å². The molecule has 0 aliphatic carbocycles. The van der Waals surface area contributed by atoms with Crippen LogP contribution in [0.4, 0.5) is 0 Å². The fourth-order valence-electron chi connectivity index (χ4n) is 1.47. The first-order valence-corrected chi connectivity index (χ1v) is 8.29. The van der Waals surface area contributed by atoms with E-state index in [1.807, 2.05) is 27.7 Å². The highest BCUT2D eigenvalue weighted by atomic mass is 127. The largest absolute Gasteiger partial charge is 0.357 e. The Hall–Kier alpha value is -0.0900. The van der Waals surface area contributed by atoms with E-state index < -0.39 is 15.6 Å². The van der Waals surface area contributed by atoms with Crippen LogP contribution in [0.15, 0.2) is 4.99 Å². The van der Waals surface area contributed by atoms with Crippen molar-refractivity contribution >= 4 is 40.0 Å². The molecule has 0 bridgehead atoms. The summed E-state index contributed by atoms with van der Waals surface area (Å²) in [6.45, 7) is 12.8. The molecular formula is C12H29IN4O2S. The van der Waals surface area contributed by atoms with E-state index in [1.54, 1.807) is 13.8 Å². The molecule has 20 heavy (non-hydrogen) atoms. The number of sulfonamides is 1. The monoisotopic (exact) mass is 420 g/mol. The van der Waals surface area contributed by atoms with Gasteiger partial charge in [0.2, 0.25) is 10.0 Å². The van der Waals surface area contributed by atoms with Gasteiger partial charge in [0, 0.05) is 17.6 Å². The van der Waals surface area contributed by atoms with Gasteiger partial charge < -0.3 is 10.6 Å². The summed E-state index contributed by atoms with van der Waals surface area (Å²) in [5, 5.41) is 6.39. The summed E-state index contributed by atoms with van der Waals surface area (Å²) >= 11 is 0. The molecule has 6 nitrogen and oxygen atoms in total. The molecule has 0 rings (SSSR count). The van der Waals surface area contributed by atoms with E-state index in [0.717, 1.165) is 12.8 Å². The maximum Gasteiger partial charge on any atom is 0.209 e. The van der Waals surface area contributed by atoms with Gasteiger partial charge in [0.05, 0.1) is 12.8 Å². The van der Waals surface area contributed by atoms with Gasteiger partial charge >= 0.3 is 0 Å². The molecule has 0 aliphatic rings. The van der Waals surface area contributed by atoms with Crippen molar-refractivity contribution in [3.63, 3.8) is 0 Å². The van der Waals surface area contributed by atoms with E-state index in [9.17, 15) is 8.42 Å². The minimum absolute atomic E-state index is 0. The van der Waals surface area contributed by atoms with E-state index >= 15 is 0 Å². The second kappa shape index (κ2) is 8.38. The molecule has 0 aromatic heterocycles. The number of guanidine groups is 1. The zero-order valence-electron chi connectivity index (χ0n) is 13.5. The summed E-state index contributed by atoms with van der Waals surface area (Å²) in [4.78, 5) is 4.42. The van der Waals surface area contributed by atoms with Crippen LogP contribution in [-0.4, -0.2) is 44.8 Å². The molecule has 0 aromatic rings. The first kappa shape index (κ1) is 22.2. The highest BCUT2D eigenvalue weighted by Crippen LogP contribution is 2.05. The third-order valence-corrected chi connectivity index (χ3v) is 2.86. The SMILES string of the molecule is CCNC(=NCC(C)(C)NS(C)(=O)=O)NC(C)(C)C.I. The molecular weight excluding hydrogens is 391 g/mol. The Balaban J connectivity index is 0. The van der Waals surface area contributed by atoms with Gasteiger partial charge in [-0.05, 0) is 41.5 Å². The van der Waals surface area contributed by atoms with Crippen molar-refractivity contribution in [2.24, 2.45) is 4.99 Å². The van der Waals surface area contributed by atoms with Gasteiger partial charge in [-0.1, -0.05) is 0 Å². The van der Waals surface area contributed by atoms with E-state index in [1.165, 1.54) is 0 Å². The number of nitrogens with one attached hydrogen (secondary N) is 3. The van der Waals surface area contributed by atoms with E-state index in [0.29, 0.717) is 12.5 Å². The lowest BCUT2D eigenvalue weighted by Crippen LogP contribution is -2.50. The number of halogens is 1. The molecule has 122 valence electrons. The van der Waals surface area contributed by atoms with Crippen molar-refractivity contribution in [3.8, 4) is 0 Å². The van der Waals surface area contributed by atoms with Crippen molar-refractivity contribution in [1.82, 2.24) is 15.4 Å². The molecule has 0 radical (unpaired) electrons. The molecule has 0 fully saturated rings. The average molecular weight is 420 g/mol. The molecule has 0 saturated heterocycles. The lowest BCUT2D eigenvalue weighted by Gasteiger charge is -2.26. The Bertz CT molecular complexity index is 414. The molecule has 0 saturated carbocycles. The molecule has 0 unspecified atom stereocenters. The Morgan fingerprint density at radius 3 is 2.00 bits per heavy atom. The number of rotatable bonds is 5. The Morgan fingerprint density at radius 2 is 1.65 bits per heavy atom. The van der Waals surface area contributed by atoms with Crippen LogP contribution in [0.2, 0.25) is 0 Å². The maximum absolute atomic E-state index is 11.3. The van der Waals surface area contributed by atoms with Crippen molar-refractivity contribution in [1.29, 1.82) is 0 Å². The van der Waals surface area contributed by atoms with Crippen molar-refractivity contribution in [2.45, 2.75) is 52.6 Å². The fourth-order valence-corrected chi connectivity index (χ4v) is 2.54. The molecule has 0 aliphatic heterocycles. The highest BCUT2D eigenvalue weighted by Gasteiger charge is 2.22. The minimum Gasteiger partial charge on any atom is -0.357 e. The molecule has 3 N–H and O–H groups in total. The average Bonchev–Trinajstić information content (AvgIpc) is 2.08. The Kier molecular flexibility index (Phi) is 9.30. The van der Waals surface area contributed by atoms with Crippen molar-refractivity contribution < 1.29 is 8.42 Å². The molecule has 8 heteroatoms. The van der Waals surface area contributed by atoms with Gasteiger partial charge in [0.1, 0.15) is 0 Å². The second-order valence-corrected chi connectivity index (χ2v) is 8.08. The Labute approximate surface area is 140 Å². The fraction of sp³-hybridized carbons (Fsp3) is 0.917. The topological polar surface area (TPSA) is 82.6 Å². The lowest BCUT2D eigenvalue weighted by atomic mass is 10.1. The summed E-state index contributed by atoms with van der Waals surface area (Å²) < 4.78 is 25.1. The second-order valence-electron chi connectivity index (χ2n) is 6.33. The third-order valence-electron chi connectivity index (χ3n) is 1.93. The molecule has 0 amide bonds. The predicted molar refractivity (Wildman–Crippen MR) is 96.3 cm³/mol. The highest BCUT2D eigenvalue weighted by molar-refractivity contribution is 14.0. The van der Waals surface area contributed by atoms with Crippen LogP contribution in [0.1, 0.15) is 41.5 Å². The van der Waals surface area contributed by atoms with E-state index in [4.69, 9.17) is 0 Å². The van der Waals surface area contributed by atoms with Gasteiger partial charge in [0.15, 0.2) is 5.96 Å². The molecule has 0 aromatic carbocycles. The molecule has 0 atom stereocenters. The predicted octanol–water partition coefficient (Wildman–Crippen LogP) is 1.29. The number of hydrogen-bond donors (Lipinski definition) is 3. The van der Waals surface area contributed by atoms with Crippen LogP contribution in [0.5, 0.6) is 0 Å². The first-order valence-electron chi connectivity index (χ1n) is 6.40. The maximum atomic E-state index is 11.3. The molecule has 0 heterocycles. The first-order chi connectivity index (χ1) is 8.35. The Morgan fingerprint density at radius 1 is 1.15 bits per heavy atom. The van der Waals surface area contributed by atoms with Crippen LogP contribution in [0.25, 0.3) is 0 Å². The zero-order valence-corrected chi connectivity index (χ0v) is 16.6. The number of hydrogen-bond acceptors (Lipinski definition) is 3. The van der Waals surface area contributed by atoms with Gasteiger partial charge in [-0.25, -0.2) is 13.1 Å². The van der Waals surface area contributed by atoms with Crippen LogP contribution in [0, 0.1) is 0 Å². The van der Waals surface area contributed by atoms with Crippen molar-refractivity contribution in [2.75, 3.05) is 19.3 Å². The van der Waals surface area contributed by atoms with E-state index in [-0.39, 0.29) is 29.5 Å². The standard InChI is InChI=1S/C12H28N4O2S.HI/c1-8-13-10(15-11(2,3)4)14-9-12(5,6)16-19(7,17)18;/h16H,8-9H2,1-7H3,(H2,13,14,15);1H. The summed E-state index contributed by atoms with van der Waals surface area (Å²) in [6, 6.07) is 0. The lowest BCUT2D eigenvalue weighted by molar-refractivity contribution is 0.459. The summed E-state index contributed by atoms with van der Waals surface area (Å²) in [5.41, 5.74) is -0.719. The number of nitrogens with zero attached hydrogens (tertiary/aromatic N) is 1. The normalized spacial score (nSPS) is 13.7. The molecule has 0 spiro atoms. The van der Waals surface area contributed by atoms with Gasteiger partial charge in [-0.3, -0.25) is 4.99 Å². The van der Waals surface area contributed by atoms with Gasteiger partial charge in [-0.15, -0.1) is 24.0 Å². The van der Waals surface area contributed by atoms with Crippen LogP contribution in [-0.2, 0) is 10.0 Å². The summed E-state index contributed by atoms with van der Waals surface area (Å²) in [6.07, 6.45) is 1.15. The van der Waals surface area contributed by atoms with Gasteiger partial charge in [-0.2, -0.15) is 0 Å². The number of aliphatic imine (C=N–C) groups is 1.